The molecule has 0 aliphatic rings. The monoisotopic (exact) mass is 221 g/mol. The van der Waals surface area contributed by atoms with E-state index >= 15 is 0 Å². The highest BCUT2D eigenvalue weighted by Crippen LogP contribution is 2.08. The Labute approximate surface area is 96.8 Å². The Kier molecular flexibility index (Phi) is 5.40. The second-order valence-corrected chi connectivity index (χ2v) is 4.11. The lowest BCUT2D eigenvalue weighted by Gasteiger charge is -2.08. The van der Waals surface area contributed by atoms with Gasteiger partial charge in [0.05, 0.1) is 13.0 Å². The molecule has 1 amide bonds. The summed E-state index contributed by atoms with van der Waals surface area (Å²) >= 11 is 0. The van der Waals surface area contributed by atoms with Gasteiger partial charge in [0.1, 0.15) is 5.75 Å². The fourth-order valence-electron chi connectivity index (χ4n) is 1.18. The van der Waals surface area contributed by atoms with Crippen molar-refractivity contribution in [1.82, 2.24) is 5.32 Å². The molecular weight excluding hydrogens is 202 g/mol. The van der Waals surface area contributed by atoms with E-state index in [1.165, 1.54) is 0 Å². The first-order valence-corrected chi connectivity index (χ1v) is 5.63. The van der Waals surface area contributed by atoms with Gasteiger partial charge in [0, 0.05) is 6.54 Å². The fourth-order valence-corrected chi connectivity index (χ4v) is 1.18. The zero-order valence-electron chi connectivity index (χ0n) is 9.90. The molecule has 0 spiro atoms. The van der Waals surface area contributed by atoms with Crippen LogP contribution in [0.5, 0.6) is 5.75 Å². The van der Waals surface area contributed by atoms with Crippen LogP contribution < -0.4 is 10.1 Å². The third-order valence-corrected chi connectivity index (χ3v) is 2.05. The lowest BCUT2D eigenvalue weighted by Crippen LogP contribution is -2.28. The number of hydrogen-bond donors (Lipinski definition) is 1. The summed E-state index contributed by atoms with van der Waals surface area (Å²) in [5.41, 5.74) is 0. The number of nitrogens with one attached hydrogen (secondary N) is 1. The topological polar surface area (TPSA) is 38.3 Å². The molecular formula is C13H19NO2. The van der Waals surface area contributed by atoms with Crippen LogP contribution >= 0.6 is 0 Å². The Hall–Kier alpha value is -1.51. The Morgan fingerprint density at radius 3 is 2.62 bits per heavy atom. The van der Waals surface area contributed by atoms with Crippen molar-refractivity contribution in [3.05, 3.63) is 30.3 Å². The molecule has 16 heavy (non-hydrogen) atoms. The van der Waals surface area contributed by atoms with Gasteiger partial charge in [-0.3, -0.25) is 4.79 Å². The van der Waals surface area contributed by atoms with E-state index in [9.17, 15) is 4.79 Å². The second kappa shape index (κ2) is 6.88. The molecule has 1 N–H and O–H groups in total. The molecule has 3 heteroatoms. The molecule has 0 saturated carbocycles. The van der Waals surface area contributed by atoms with Crippen LogP contribution in [0.3, 0.4) is 0 Å². The quantitative estimate of drug-likeness (QED) is 0.800. The summed E-state index contributed by atoms with van der Waals surface area (Å²) in [5.74, 6) is 1.34. The SMILES string of the molecule is CC(C)CNC(=O)CCOc1ccccc1. The summed E-state index contributed by atoms with van der Waals surface area (Å²) in [6.07, 6.45) is 0.404. The molecule has 1 aromatic carbocycles. The zero-order valence-corrected chi connectivity index (χ0v) is 9.90. The lowest BCUT2D eigenvalue weighted by molar-refractivity contribution is -0.121. The zero-order chi connectivity index (χ0) is 11.8. The molecule has 0 fully saturated rings. The Morgan fingerprint density at radius 2 is 2.00 bits per heavy atom. The molecule has 88 valence electrons. The van der Waals surface area contributed by atoms with Gasteiger partial charge in [-0.25, -0.2) is 0 Å². The lowest BCUT2D eigenvalue weighted by atomic mass is 10.2. The van der Waals surface area contributed by atoms with Crippen molar-refractivity contribution in [2.75, 3.05) is 13.2 Å². The maximum Gasteiger partial charge on any atom is 0.223 e. The average Bonchev–Trinajstić information content (AvgIpc) is 2.28. The summed E-state index contributed by atoms with van der Waals surface area (Å²) < 4.78 is 5.42. The van der Waals surface area contributed by atoms with E-state index in [2.05, 4.69) is 19.2 Å². The van der Waals surface area contributed by atoms with Gasteiger partial charge in [-0.1, -0.05) is 32.0 Å². The molecule has 0 unspecified atom stereocenters. The summed E-state index contributed by atoms with van der Waals surface area (Å²) in [4.78, 5) is 11.3. The minimum absolute atomic E-state index is 0.0460. The van der Waals surface area contributed by atoms with Crippen LogP contribution in [0.1, 0.15) is 20.3 Å². The van der Waals surface area contributed by atoms with Crippen LogP contribution in [-0.4, -0.2) is 19.1 Å². The van der Waals surface area contributed by atoms with E-state index in [0.29, 0.717) is 18.9 Å². The van der Waals surface area contributed by atoms with Gasteiger partial charge in [-0.15, -0.1) is 0 Å². The minimum Gasteiger partial charge on any atom is -0.493 e. The Bertz CT molecular complexity index is 309. The first kappa shape index (κ1) is 12.6. The molecule has 1 aromatic rings. The largest absolute Gasteiger partial charge is 0.493 e. The van der Waals surface area contributed by atoms with Gasteiger partial charge in [-0.05, 0) is 18.1 Å². The highest BCUT2D eigenvalue weighted by molar-refractivity contribution is 5.75. The number of carbonyl (C=O) groups excluding carboxylic acids is 1. The number of ether oxygens (including phenoxy) is 1. The van der Waals surface area contributed by atoms with Crippen LogP contribution in [0.25, 0.3) is 0 Å². The van der Waals surface area contributed by atoms with E-state index in [0.717, 1.165) is 12.3 Å². The maximum absolute atomic E-state index is 11.3. The average molecular weight is 221 g/mol. The first-order chi connectivity index (χ1) is 7.68. The highest BCUT2D eigenvalue weighted by atomic mass is 16.5. The molecule has 3 nitrogen and oxygen atoms in total. The Balaban J connectivity index is 2.13. The normalized spacial score (nSPS) is 10.2. The molecule has 0 heterocycles. The number of carbonyl (C=O) groups is 1. The van der Waals surface area contributed by atoms with Gasteiger partial charge in [-0.2, -0.15) is 0 Å². The van der Waals surface area contributed by atoms with Gasteiger partial charge in [0.2, 0.25) is 5.91 Å². The second-order valence-electron chi connectivity index (χ2n) is 4.11. The predicted molar refractivity (Wildman–Crippen MR) is 64.4 cm³/mol. The summed E-state index contributed by atoms with van der Waals surface area (Å²) in [6.45, 7) is 5.29. The first-order valence-electron chi connectivity index (χ1n) is 5.63. The summed E-state index contributed by atoms with van der Waals surface area (Å²) in [5, 5.41) is 2.85. The molecule has 0 bridgehead atoms. The van der Waals surface area contributed by atoms with E-state index in [1.807, 2.05) is 30.3 Å². The van der Waals surface area contributed by atoms with Crippen LogP contribution in [0.4, 0.5) is 0 Å². The molecule has 0 aliphatic carbocycles. The summed E-state index contributed by atoms with van der Waals surface area (Å²) in [7, 11) is 0. The van der Waals surface area contributed by atoms with Crippen molar-refractivity contribution in [3.63, 3.8) is 0 Å². The van der Waals surface area contributed by atoms with Crippen molar-refractivity contribution in [3.8, 4) is 5.75 Å². The maximum atomic E-state index is 11.3. The van der Waals surface area contributed by atoms with Gasteiger partial charge in [0.25, 0.3) is 0 Å². The minimum atomic E-state index is 0.0460. The number of para-hydroxylation sites is 1. The van der Waals surface area contributed by atoms with E-state index < -0.39 is 0 Å². The molecule has 0 radical (unpaired) electrons. The van der Waals surface area contributed by atoms with Crippen LogP contribution in [0.15, 0.2) is 30.3 Å². The van der Waals surface area contributed by atoms with Gasteiger partial charge < -0.3 is 10.1 Å². The molecule has 0 atom stereocenters. The van der Waals surface area contributed by atoms with Crippen LogP contribution in [-0.2, 0) is 4.79 Å². The number of benzene rings is 1. The van der Waals surface area contributed by atoms with Crippen molar-refractivity contribution in [2.45, 2.75) is 20.3 Å². The van der Waals surface area contributed by atoms with E-state index in [-0.39, 0.29) is 5.91 Å². The van der Waals surface area contributed by atoms with Crippen LogP contribution in [0.2, 0.25) is 0 Å². The molecule has 1 rings (SSSR count). The Morgan fingerprint density at radius 1 is 1.31 bits per heavy atom. The van der Waals surface area contributed by atoms with E-state index in [4.69, 9.17) is 4.74 Å². The standard InChI is InChI=1S/C13H19NO2/c1-11(2)10-14-13(15)8-9-16-12-6-4-3-5-7-12/h3-7,11H,8-10H2,1-2H3,(H,14,15). The molecule has 0 saturated heterocycles. The summed E-state index contributed by atoms with van der Waals surface area (Å²) in [6, 6.07) is 9.52. The fraction of sp³-hybridized carbons (Fsp3) is 0.462. The highest BCUT2D eigenvalue weighted by Gasteiger charge is 2.02. The molecule has 0 aliphatic heterocycles. The third-order valence-electron chi connectivity index (χ3n) is 2.05. The third kappa shape index (κ3) is 5.39. The number of amides is 1. The number of hydrogen-bond acceptors (Lipinski definition) is 2. The van der Waals surface area contributed by atoms with Crippen molar-refractivity contribution >= 4 is 5.91 Å². The van der Waals surface area contributed by atoms with Crippen molar-refractivity contribution < 1.29 is 9.53 Å². The van der Waals surface area contributed by atoms with E-state index in [1.54, 1.807) is 0 Å². The van der Waals surface area contributed by atoms with Gasteiger partial charge >= 0.3 is 0 Å². The van der Waals surface area contributed by atoms with Crippen molar-refractivity contribution in [1.29, 1.82) is 0 Å². The number of rotatable bonds is 6. The van der Waals surface area contributed by atoms with Gasteiger partial charge in [0.15, 0.2) is 0 Å². The smallest absolute Gasteiger partial charge is 0.223 e. The van der Waals surface area contributed by atoms with Crippen LogP contribution in [0, 0.1) is 5.92 Å². The predicted octanol–water partition coefficient (Wildman–Crippen LogP) is 2.23. The van der Waals surface area contributed by atoms with Crippen molar-refractivity contribution in [2.24, 2.45) is 5.92 Å². The molecule has 0 aromatic heterocycles.